The van der Waals surface area contributed by atoms with Crippen molar-refractivity contribution in [3.05, 3.63) is 24.3 Å². The highest BCUT2D eigenvalue weighted by Gasteiger charge is 2.16. The summed E-state index contributed by atoms with van der Waals surface area (Å²) < 4.78 is 0. The maximum Gasteiger partial charge on any atom is 0.177 e. The number of anilines is 1. The fourth-order valence-corrected chi connectivity index (χ4v) is 1.72. The minimum atomic E-state index is 0.219. The van der Waals surface area contributed by atoms with Gasteiger partial charge < -0.3 is 11.5 Å². The van der Waals surface area contributed by atoms with Crippen molar-refractivity contribution >= 4 is 34.8 Å². The van der Waals surface area contributed by atoms with E-state index in [0.29, 0.717) is 5.71 Å². The van der Waals surface area contributed by atoms with E-state index < -0.39 is 0 Å². The molecule has 17 heavy (non-hydrogen) atoms. The third-order valence-corrected chi connectivity index (χ3v) is 2.84. The number of rotatable bonds is 3. The Morgan fingerprint density at radius 1 is 1.24 bits per heavy atom. The Bertz CT molecular complexity index is 499. The van der Waals surface area contributed by atoms with Gasteiger partial charge in [0.15, 0.2) is 17.4 Å². The van der Waals surface area contributed by atoms with Gasteiger partial charge in [0.2, 0.25) is 0 Å². The van der Waals surface area contributed by atoms with Crippen molar-refractivity contribution in [1.82, 2.24) is 0 Å². The van der Waals surface area contributed by atoms with Gasteiger partial charge in [-0.1, -0.05) is 6.07 Å². The average Bonchev–Trinajstić information content (AvgIpc) is 2.67. The second-order valence-corrected chi connectivity index (χ2v) is 4.15. The Morgan fingerprint density at radius 2 is 1.94 bits per heavy atom. The number of benzene rings is 1. The minimum Gasteiger partial charge on any atom is -0.380 e. The smallest absolute Gasteiger partial charge is 0.177 e. The summed E-state index contributed by atoms with van der Waals surface area (Å²) in [6.45, 7) is 0. The number of nitrogens with zero attached hydrogens (tertiary/aromatic N) is 3. The molecule has 88 valence electrons. The molecule has 1 aromatic rings. The fourth-order valence-electron chi connectivity index (χ4n) is 1.26. The first kappa shape index (κ1) is 11.5. The number of nitrogens with two attached hydrogens (primary N) is 2. The van der Waals surface area contributed by atoms with Crippen LogP contribution in [-0.4, -0.2) is 23.6 Å². The molecule has 2 rings (SSSR count). The van der Waals surface area contributed by atoms with E-state index in [0.717, 1.165) is 10.6 Å². The predicted molar refractivity (Wildman–Crippen MR) is 72.5 cm³/mol. The summed E-state index contributed by atoms with van der Waals surface area (Å²) in [5, 5.41) is 11.3. The van der Waals surface area contributed by atoms with Gasteiger partial charge in [-0.2, -0.15) is 5.10 Å². The topological polar surface area (TPSA) is 101 Å². The summed E-state index contributed by atoms with van der Waals surface area (Å²) in [5.41, 5.74) is 15.2. The van der Waals surface area contributed by atoms with Crippen LogP contribution in [0, 0.1) is 0 Å². The van der Waals surface area contributed by atoms with Crippen LogP contribution in [-0.2, 0) is 0 Å². The number of nitrogens with one attached hydrogen (secondary N) is 1. The second kappa shape index (κ2) is 4.88. The molecule has 0 spiro atoms. The molecule has 1 heterocycles. The lowest BCUT2D eigenvalue weighted by atomic mass is 10.3. The van der Waals surface area contributed by atoms with Crippen LogP contribution in [0.15, 0.2) is 44.5 Å². The molecule has 0 fully saturated rings. The molecule has 0 aromatic heterocycles. The zero-order chi connectivity index (χ0) is 12.3. The van der Waals surface area contributed by atoms with Crippen LogP contribution in [0.1, 0.15) is 0 Å². The summed E-state index contributed by atoms with van der Waals surface area (Å²) in [6.07, 6.45) is 2.01. The molecule has 1 aromatic carbocycles. The van der Waals surface area contributed by atoms with Crippen LogP contribution in [0.2, 0.25) is 0 Å². The summed E-state index contributed by atoms with van der Waals surface area (Å²) >= 11 is 1.66. The zero-order valence-electron chi connectivity index (χ0n) is 9.21. The summed E-state index contributed by atoms with van der Waals surface area (Å²) in [4.78, 5) is 1.14. The van der Waals surface area contributed by atoms with Gasteiger partial charge in [0.25, 0.3) is 0 Å². The average molecular weight is 248 g/mol. The number of hydrogen-bond acceptors (Lipinski definition) is 7. The first-order chi connectivity index (χ1) is 8.20. The standard InChI is InChI=1S/C10H12N6S/c1-17-7-4-2-3-6(5-7)13-14-8-9(11)15-16-10(8)12/h2-5,13H,1H3,(H4,11,12,14,15,16). The van der Waals surface area contributed by atoms with Gasteiger partial charge in [0, 0.05) is 4.90 Å². The van der Waals surface area contributed by atoms with Gasteiger partial charge in [0.05, 0.1) is 5.69 Å². The van der Waals surface area contributed by atoms with E-state index in [1.165, 1.54) is 0 Å². The molecule has 1 aliphatic heterocycles. The molecule has 0 atom stereocenters. The summed E-state index contributed by atoms with van der Waals surface area (Å²) in [7, 11) is 0. The van der Waals surface area contributed by atoms with E-state index in [2.05, 4.69) is 20.7 Å². The molecule has 0 unspecified atom stereocenters. The van der Waals surface area contributed by atoms with Crippen LogP contribution >= 0.6 is 11.8 Å². The maximum atomic E-state index is 5.57. The Kier molecular flexibility index (Phi) is 3.29. The van der Waals surface area contributed by atoms with E-state index in [1.807, 2.05) is 30.5 Å². The number of amidine groups is 2. The van der Waals surface area contributed by atoms with Crippen molar-refractivity contribution in [3.8, 4) is 0 Å². The van der Waals surface area contributed by atoms with Crippen LogP contribution in [0.25, 0.3) is 0 Å². The lowest BCUT2D eigenvalue weighted by Crippen LogP contribution is -2.32. The summed E-state index contributed by atoms with van der Waals surface area (Å²) in [6, 6.07) is 7.84. The Balaban J connectivity index is 2.14. The van der Waals surface area contributed by atoms with Crippen molar-refractivity contribution in [2.24, 2.45) is 26.8 Å². The van der Waals surface area contributed by atoms with Gasteiger partial charge in [-0.3, -0.25) is 5.43 Å². The van der Waals surface area contributed by atoms with Gasteiger partial charge in [-0.25, -0.2) is 0 Å². The largest absolute Gasteiger partial charge is 0.380 e. The van der Waals surface area contributed by atoms with E-state index >= 15 is 0 Å². The maximum absolute atomic E-state index is 5.57. The number of thioether (sulfide) groups is 1. The number of hydrogen-bond donors (Lipinski definition) is 3. The highest BCUT2D eigenvalue weighted by atomic mass is 32.2. The van der Waals surface area contributed by atoms with Crippen LogP contribution in [0.3, 0.4) is 0 Å². The van der Waals surface area contributed by atoms with Crippen LogP contribution in [0.4, 0.5) is 5.69 Å². The van der Waals surface area contributed by atoms with Crippen molar-refractivity contribution in [2.75, 3.05) is 11.7 Å². The molecule has 6 nitrogen and oxygen atoms in total. The van der Waals surface area contributed by atoms with Crippen molar-refractivity contribution in [2.45, 2.75) is 4.90 Å². The monoisotopic (exact) mass is 248 g/mol. The molecular formula is C10H12N6S. The molecule has 0 saturated carbocycles. The molecule has 0 radical (unpaired) electrons. The fraction of sp³-hybridized carbons (Fsp3) is 0.100. The van der Waals surface area contributed by atoms with E-state index in [9.17, 15) is 0 Å². The van der Waals surface area contributed by atoms with Gasteiger partial charge in [-0.05, 0) is 24.5 Å². The van der Waals surface area contributed by atoms with Gasteiger partial charge >= 0.3 is 0 Å². The molecule has 5 N–H and O–H groups in total. The highest BCUT2D eigenvalue weighted by molar-refractivity contribution is 7.98. The molecule has 0 aliphatic carbocycles. The summed E-state index contributed by atoms with van der Waals surface area (Å²) in [5.74, 6) is 0.437. The third-order valence-electron chi connectivity index (χ3n) is 2.12. The Hall–Kier alpha value is -2.02. The number of hydrazone groups is 1. The van der Waals surface area contributed by atoms with E-state index in [1.54, 1.807) is 11.8 Å². The molecule has 1 aliphatic rings. The first-order valence-corrected chi connectivity index (χ1v) is 6.08. The van der Waals surface area contributed by atoms with E-state index in [4.69, 9.17) is 11.5 Å². The van der Waals surface area contributed by atoms with Gasteiger partial charge in [-0.15, -0.1) is 22.0 Å². The predicted octanol–water partition coefficient (Wildman–Crippen LogP) is 0.819. The van der Waals surface area contributed by atoms with Crippen molar-refractivity contribution in [1.29, 1.82) is 0 Å². The normalized spacial score (nSPS) is 14.3. The molecule has 7 heteroatoms. The SMILES string of the molecule is CSc1cccc(NN=C2C(N)=NN=C2N)c1. The second-order valence-electron chi connectivity index (χ2n) is 3.27. The minimum absolute atomic E-state index is 0.219. The Labute approximate surface area is 103 Å². The molecule has 0 bridgehead atoms. The van der Waals surface area contributed by atoms with Crippen molar-refractivity contribution in [3.63, 3.8) is 0 Å². The molecule has 0 saturated heterocycles. The highest BCUT2D eigenvalue weighted by Crippen LogP contribution is 2.18. The molecule has 0 amide bonds. The van der Waals surface area contributed by atoms with Crippen LogP contribution in [0.5, 0.6) is 0 Å². The van der Waals surface area contributed by atoms with Crippen LogP contribution < -0.4 is 16.9 Å². The third kappa shape index (κ3) is 2.56. The lowest BCUT2D eigenvalue weighted by molar-refractivity contribution is 1.25. The first-order valence-electron chi connectivity index (χ1n) is 4.86. The lowest BCUT2D eigenvalue weighted by Gasteiger charge is -2.03. The quantitative estimate of drug-likeness (QED) is 0.544. The van der Waals surface area contributed by atoms with Gasteiger partial charge in [0.1, 0.15) is 0 Å². The van der Waals surface area contributed by atoms with Crippen molar-refractivity contribution < 1.29 is 0 Å². The van der Waals surface area contributed by atoms with E-state index in [-0.39, 0.29) is 11.7 Å². The molecular weight excluding hydrogens is 236 g/mol. The Morgan fingerprint density at radius 3 is 2.59 bits per heavy atom. The zero-order valence-corrected chi connectivity index (χ0v) is 10.0.